The maximum absolute atomic E-state index is 12.0. The second-order valence-corrected chi connectivity index (χ2v) is 6.34. The first-order valence-corrected chi connectivity index (χ1v) is 7.72. The van der Waals surface area contributed by atoms with E-state index in [2.05, 4.69) is 9.71 Å². The molecular weight excluding hydrogens is 307 g/mol. The van der Waals surface area contributed by atoms with Gasteiger partial charge in [0.1, 0.15) is 0 Å². The van der Waals surface area contributed by atoms with Crippen molar-refractivity contribution in [2.45, 2.75) is 5.75 Å². The summed E-state index contributed by atoms with van der Waals surface area (Å²) >= 11 is 11.9. The van der Waals surface area contributed by atoms with Crippen LogP contribution >= 0.6 is 23.2 Å². The van der Waals surface area contributed by atoms with Crippen molar-refractivity contribution in [2.24, 2.45) is 0 Å². The van der Waals surface area contributed by atoms with E-state index in [1.165, 1.54) is 6.20 Å². The number of benzene rings is 1. The van der Waals surface area contributed by atoms with Gasteiger partial charge < -0.3 is 0 Å². The molecule has 0 amide bonds. The average molecular weight is 317 g/mol. The third-order valence-electron chi connectivity index (χ3n) is 2.33. The first-order valence-electron chi connectivity index (χ1n) is 5.31. The highest BCUT2D eigenvalue weighted by Crippen LogP contribution is 2.26. The molecule has 0 aliphatic rings. The molecule has 0 spiro atoms. The number of hydrogen-bond acceptors (Lipinski definition) is 3. The van der Waals surface area contributed by atoms with Crippen LogP contribution in [0.5, 0.6) is 0 Å². The van der Waals surface area contributed by atoms with Gasteiger partial charge in [0.2, 0.25) is 10.0 Å². The van der Waals surface area contributed by atoms with Gasteiger partial charge in [-0.15, -0.1) is 0 Å². The molecular formula is C12H10Cl2N2O2S. The molecule has 0 aliphatic heterocycles. The fourth-order valence-corrected chi connectivity index (χ4v) is 3.43. The zero-order valence-corrected chi connectivity index (χ0v) is 12.0. The third-order valence-corrected chi connectivity index (χ3v) is 4.25. The molecule has 1 heterocycles. The maximum atomic E-state index is 12.0. The van der Waals surface area contributed by atoms with Crippen LogP contribution in [0, 0.1) is 0 Å². The number of rotatable bonds is 4. The Morgan fingerprint density at radius 2 is 1.79 bits per heavy atom. The van der Waals surface area contributed by atoms with E-state index < -0.39 is 10.0 Å². The number of hydrogen-bond donors (Lipinski definition) is 1. The van der Waals surface area contributed by atoms with Crippen molar-refractivity contribution in [3.63, 3.8) is 0 Å². The largest absolute Gasteiger partial charge is 0.282 e. The van der Waals surface area contributed by atoms with Crippen LogP contribution < -0.4 is 4.72 Å². The van der Waals surface area contributed by atoms with Crippen molar-refractivity contribution in [1.82, 2.24) is 4.98 Å². The number of nitrogens with zero attached hydrogens (tertiary/aromatic N) is 1. The molecule has 1 N–H and O–H groups in total. The van der Waals surface area contributed by atoms with Crippen molar-refractivity contribution in [2.75, 3.05) is 4.72 Å². The highest BCUT2D eigenvalue weighted by molar-refractivity contribution is 7.91. The molecule has 1 aromatic carbocycles. The number of halogens is 2. The van der Waals surface area contributed by atoms with Gasteiger partial charge in [-0.25, -0.2) is 8.42 Å². The molecule has 7 heteroatoms. The van der Waals surface area contributed by atoms with Crippen LogP contribution in [0.15, 0.2) is 42.7 Å². The van der Waals surface area contributed by atoms with Gasteiger partial charge in [-0.2, -0.15) is 0 Å². The van der Waals surface area contributed by atoms with E-state index in [0.717, 1.165) is 0 Å². The number of sulfonamides is 1. The fourth-order valence-electron chi connectivity index (χ4n) is 1.50. The Morgan fingerprint density at radius 1 is 1.11 bits per heavy atom. The van der Waals surface area contributed by atoms with Crippen LogP contribution in [0.1, 0.15) is 5.56 Å². The molecule has 19 heavy (non-hydrogen) atoms. The monoisotopic (exact) mass is 316 g/mol. The van der Waals surface area contributed by atoms with E-state index in [9.17, 15) is 8.42 Å². The molecule has 0 unspecified atom stereocenters. The summed E-state index contributed by atoms with van der Waals surface area (Å²) in [7, 11) is -3.59. The molecule has 4 nitrogen and oxygen atoms in total. The molecule has 0 bridgehead atoms. The molecule has 0 saturated carbocycles. The minimum absolute atomic E-state index is 0.291. The van der Waals surface area contributed by atoms with Crippen LogP contribution in [0.4, 0.5) is 5.69 Å². The van der Waals surface area contributed by atoms with Crippen LogP contribution in [0.3, 0.4) is 0 Å². The Kier molecular flexibility index (Phi) is 4.29. The van der Waals surface area contributed by atoms with E-state index in [4.69, 9.17) is 23.2 Å². The molecule has 0 saturated heterocycles. The highest BCUT2D eigenvalue weighted by atomic mass is 35.5. The molecule has 1 aromatic heterocycles. The Morgan fingerprint density at radius 3 is 2.37 bits per heavy atom. The van der Waals surface area contributed by atoms with Gasteiger partial charge in [0.25, 0.3) is 0 Å². The Balaban J connectivity index is 2.23. The van der Waals surface area contributed by atoms with Gasteiger partial charge in [0.05, 0.1) is 17.6 Å². The predicted octanol–water partition coefficient (Wildman–Crippen LogP) is 3.33. The molecule has 100 valence electrons. The van der Waals surface area contributed by atoms with E-state index in [-0.39, 0.29) is 5.75 Å². The summed E-state index contributed by atoms with van der Waals surface area (Å²) < 4.78 is 26.4. The van der Waals surface area contributed by atoms with E-state index >= 15 is 0 Å². The lowest BCUT2D eigenvalue weighted by molar-refractivity contribution is 0.600. The zero-order chi connectivity index (χ0) is 13.9. The van der Waals surface area contributed by atoms with Crippen LogP contribution in [-0.4, -0.2) is 13.4 Å². The van der Waals surface area contributed by atoms with Gasteiger partial charge in [-0.1, -0.05) is 29.3 Å². The van der Waals surface area contributed by atoms with E-state index in [0.29, 0.717) is 21.3 Å². The summed E-state index contributed by atoms with van der Waals surface area (Å²) in [6, 6.07) is 8.11. The van der Waals surface area contributed by atoms with Crippen LogP contribution in [0.25, 0.3) is 0 Å². The fraction of sp³-hybridized carbons (Fsp3) is 0.0833. The number of aromatic nitrogens is 1. The first kappa shape index (κ1) is 14.1. The van der Waals surface area contributed by atoms with E-state index in [1.807, 2.05) is 0 Å². The topological polar surface area (TPSA) is 59.1 Å². The summed E-state index contributed by atoms with van der Waals surface area (Å²) in [6.45, 7) is 0. The average Bonchev–Trinajstić information content (AvgIpc) is 2.35. The minimum atomic E-state index is -3.59. The van der Waals surface area contributed by atoms with Gasteiger partial charge in [-0.05, 0) is 24.3 Å². The van der Waals surface area contributed by atoms with Crippen molar-refractivity contribution in [1.29, 1.82) is 0 Å². The lowest BCUT2D eigenvalue weighted by Gasteiger charge is -2.10. The molecule has 0 fully saturated rings. The van der Waals surface area contributed by atoms with Gasteiger partial charge in [-0.3, -0.25) is 9.71 Å². The van der Waals surface area contributed by atoms with Crippen molar-refractivity contribution in [3.8, 4) is 0 Å². The van der Waals surface area contributed by atoms with Crippen molar-refractivity contribution < 1.29 is 8.42 Å². The summed E-state index contributed by atoms with van der Waals surface area (Å²) in [5, 5.41) is 0.646. The highest BCUT2D eigenvalue weighted by Gasteiger charge is 2.16. The second-order valence-electron chi connectivity index (χ2n) is 3.80. The Bertz CT molecular complexity index is 655. The number of nitrogens with one attached hydrogen (secondary N) is 1. The third kappa shape index (κ3) is 3.83. The first-order chi connectivity index (χ1) is 8.98. The zero-order valence-electron chi connectivity index (χ0n) is 9.68. The van der Waals surface area contributed by atoms with Crippen LogP contribution in [-0.2, 0) is 15.8 Å². The van der Waals surface area contributed by atoms with Gasteiger partial charge in [0, 0.05) is 21.8 Å². The van der Waals surface area contributed by atoms with Crippen LogP contribution in [0.2, 0.25) is 10.0 Å². The summed E-state index contributed by atoms with van der Waals surface area (Å²) in [6.07, 6.45) is 2.98. The summed E-state index contributed by atoms with van der Waals surface area (Å²) in [5.41, 5.74) is 0.771. The lowest BCUT2D eigenvalue weighted by atomic mass is 10.2. The number of anilines is 1. The standard InChI is InChI=1S/C12H10Cl2N2O2S/c13-11-4-1-5-12(14)10(11)8-19(17,18)16-9-3-2-6-15-7-9/h1-7,16H,8H2. The number of pyridine rings is 1. The van der Waals surface area contributed by atoms with Crippen molar-refractivity contribution in [3.05, 3.63) is 58.3 Å². The maximum Gasteiger partial charge on any atom is 0.237 e. The molecule has 0 aliphatic carbocycles. The SMILES string of the molecule is O=S(=O)(Cc1c(Cl)cccc1Cl)Nc1cccnc1. The predicted molar refractivity (Wildman–Crippen MR) is 76.9 cm³/mol. The second kappa shape index (κ2) is 5.77. The Hall–Kier alpha value is -1.30. The summed E-state index contributed by atoms with van der Waals surface area (Å²) in [5.74, 6) is -0.291. The smallest absolute Gasteiger partial charge is 0.237 e. The lowest BCUT2D eigenvalue weighted by Crippen LogP contribution is -2.15. The van der Waals surface area contributed by atoms with E-state index in [1.54, 1.807) is 36.5 Å². The van der Waals surface area contributed by atoms with Gasteiger partial charge >= 0.3 is 0 Å². The Labute approximate surface area is 121 Å². The normalized spacial score (nSPS) is 11.3. The van der Waals surface area contributed by atoms with Crippen molar-refractivity contribution >= 4 is 38.9 Å². The minimum Gasteiger partial charge on any atom is -0.282 e. The summed E-state index contributed by atoms with van der Waals surface area (Å²) in [4.78, 5) is 3.83. The quantitative estimate of drug-likeness (QED) is 0.941. The van der Waals surface area contributed by atoms with Gasteiger partial charge in [0.15, 0.2) is 0 Å². The molecule has 2 rings (SSSR count). The molecule has 2 aromatic rings. The molecule has 0 atom stereocenters. The molecule has 0 radical (unpaired) electrons.